The SMILES string of the molecule is CCCN(CCCCCCCN1CCC[C@@H]1Cc1ccc(O)c(O)c1)CCc1ccc(O)c(O)c1. The van der Waals surface area contributed by atoms with Gasteiger partial charge < -0.3 is 30.2 Å². The van der Waals surface area contributed by atoms with Crippen LogP contribution in [0, 0.1) is 0 Å². The van der Waals surface area contributed by atoms with Gasteiger partial charge in [0.05, 0.1) is 0 Å². The van der Waals surface area contributed by atoms with Gasteiger partial charge in [0.1, 0.15) is 0 Å². The highest BCUT2D eigenvalue weighted by Gasteiger charge is 2.24. The largest absolute Gasteiger partial charge is 0.504 e. The lowest BCUT2D eigenvalue weighted by atomic mass is 10.0. The van der Waals surface area contributed by atoms with Gasteiger partial charge in [0.2, 0.25) is 0 Å². The summed E-state index contributed by atoms with van der Waals surface area (Å²) in [6.07, 6.45) is 11.7. The van der Waals surface area contributed by atoms with E-state index in [1.807, 2.05) is 12.1 Å². The van der Waals surface area contributed by atoms with E-state index in [0.717, 1.165) is 56.6 Å². The number of likely N-dealkylation sites (tertiary alicyclic amines) is 1. The lowest BCUT2D eigenvalue weighted by Crippen LogP contribution is -2.32. The fraction of sp³-hybridized carbons (Fsp3) is 0.586. The van der Waals surface area contributed by atoms with Crippen molar-refractivity contribution in [2.45, 2.75) is 77.2 Å². The van der Waals surface area contributed by atoms with Crippen molar-refractivity contribution < 1.29 is 20.4 Å². The number of rotatable bonds is 15. The van der Waals surface area contributed by atoms with Crippen LogP contribution in [-0.4, -0.2) is 69.0 Å². The van der Waals surface area contributed by atoms with E-state index in [9.17, 15) is 20.4 Å². The molecule has 0 aromatic heterocycles. The molecule has 6 nitrogen and oxygen atoms in total. The topological polar surface area (TPSA) is 87.4 Å². The molecule has 0 spiro atoms. The molecule has 0 unspecified atom stereocenters. The standard InChI is InChI=1S/C29H44N2O4/c1-2-15-30(19-14-23-10-12-26(32)28(34)21-23)16-6-4-3-5-7-17-31-18-8-9-25(31)20-24-11-13-27(33)29(35)22-24/h10-13,21-22,25,32-35H,2-9,14-20H2,1H3/t25-/m1/s1. The second-order valence-corrected chi connectivity index (χ2v) is 10.0. The number of aromatic hydroxyl groups is 4. The summed E-state index contributed by atoms with van der Waals surface area (Å²) in [5, 5.41) is 38.5. The molecule has 1 aliphatic heterocycles. The van der Waals surface area contributed by atoms with Crippen LogP contribution in [0.5, 0.6) is 23.0 Å². The minimum atomic E-state index is -0.0583. The molecular weight excluding hydrogens is 440 g/mol. The van der Waals surface area contributed by atoms with Crippen molar-refractivity contribution in [2.24, 2.45) is 0 Å². The molecule has 0 saturated carbocycles. The van der Waals surface area contributed by atoms with Crippen molar-refractivity contribution in [2.75, 3.05) is 32.7 Å². The van der Waals surface area contributed by atoms with E-state index in [1.165, 1.54) is 51.5 Å². The average molecular weight is 485 g/mol. The van der Waals surface area contributed by atoms with Gasteiger partial charge >= 0.3 is 0 Å². The highest BCUT2D eigenvalue weighted by atomic mass is 16.3. The third kappa shape index (κ3) is 8.93. The van der Waals surface area contributed by atoms with Crippen LogP contribution in [0.2, 0.25) is 0 Å². The molecule has 0 aliphatic carbocycles. The minimum absolute atomic E-state index is 0.0239. The number of hydrogen-bond donors (Lipinski definition) is 4. The summed E-state index contributed by atoms with van der Waals surface area (Å²) in [7, 11) is 0. The first-order valence-corrected chi connectivity index (χ1v) is 13.4. The van der Waals surface area contributed by atoms with Gasteiger partial charge in [-0.2, -0.15) is 0 Å². The summed E-state index contributed by atoms with van der Waals surface area (Å²) in [6, 6.07) is 10.9. The van der Waals surface area contributed by atoms with Crippen molar-refractivity contribution in [3.8, 4) is 23.0 Å². The van der Waals surface area contributed by atoms with E-state index in [1.54, 1.807) is 24.3 Å². The van der Waals surface area contributed by atoms with Crippen molar-refractivity contribution in [3.63, 3.8) is 0 Å². The van der Waals surface area contributed by atoms with E-state index in [0.29, 0.717) is 6.04 Å². The molecular formula is C29H44N2O4. The second-order valence-electron chi connectivity index (χ2n) is 10.0. The van der Waals surface area contributed by atoms with Gasteiger partial charge in [-0.1, -0.05) is 38.3 Å². The number of unbranched alkanes of at least 4 members (excludes halogenated alkanes) is 4. The molecule has 35 heavy (non-hydrogen) atoms. The molecule has 194 valence electrons. The number of nitrogens with zero attached hydrogens (tertiary/aromatic N) is 2. The molecule has 3 rings (SSSR count). The third-order valence-electron chi connectivity index (χ3n) is 7.23. The summed E-state index contributed by atoms with van der Waals surface area (Å²) >= 11 is 0. The summed E-state index contributed by atoms with van der Waals surface area (Å²) in [6.45, 7) is 7.73. The molecule has 2 aromatic carbocycles. The Bertz CT molecular complexity index is 904. The summed E-state index contributed by atoms with van der Waals surface area (Å²) in [4.78, 5) is 5.12. The van der Waals surface area contributed by atoms with Crippen LogP contribution < -0.4 is 0 Å². The van der Waals surface area contributed by atoms with Crippen LogP contribution in [-0.2, 0) is 12.8 Å². The number of hydrogen-bond acceptors (Lipinski definition) is 6. The Balaban J connectivity index is 1.29. The van der Waals surface area contributed by atoms with Gasteiger partial charge in [0, 0.05) is 12.6 Å². The van der Waals surface area contributed by atoms with Crippen molar-refractivity contribution in [1.29, 1.82) is 0 Å². The first kappa shape index (κ1) is 27.2. The zero-order valence-corrected chi connectivity index (χ0v) is 21.3. The zero-order chi connectivity index (χ0) is 25.0. The molecule has 6 heteroatoms. The van der Waals surface area contributed by atoms with Crippen LogP contribution in [0.1, 0.15) is 69.4 Å². The Morgan fingerprint density at radius 3 is 2.14 bits per heavy atom. The van der Waals surface area contributed by atoms with Crippen LogP contribution in [0.4, 0.5) is 0 Å². The maximum atomic E-state index is 9.77. The summed E-state index contributed by atoms with van der Waals surface area (Å²) in [5.41, 5.74) is 2.15. The highest BCUT2D eigenvalue weighted by Crippen LogP contribution is 2.28. The Labute approximate surface area is 210 Å². The highest BCUT2D eigenvalue weighted by molar-refractivity contribution is 5.41. The number of benzene rings is 2. The van der Waals surface area contributed by atoms with Gasteiger partial charge in [-0.05, 0) is 107 Å². The molecule has 0 bridgehead atoms. The Hall–Kier alpha value is -2.44. The summed E-state index contributed by atoms with van der Waals surface area (Å²) < 4.78 is 0. The molecule has 0 radical (unpaired) electrons. The molecule has 1 saturated heterocycles. The first-order valence-electron chi connectivity index (χ1n) is 13.4. The van der Waals surface area contributed by atoms with E-state index >= 15 is 0 Å². The first-order chi connectivity index (χ1) is 17.0. The van der Waals surface area contributed by atoms with Crippen molar-refractivity contribution >= 4 is 0 Å². The van der Waals surface area contributed by atoms with Crippen molar-refractivity contribution in [3.05, 3.63) is 47.5 Å². The van der Waals surface area contributed by atoms with Gasteiger partial charge in [-0.15, -0.1) is 0 Å². The van der Waals surface area contributed by atoms with Crippen LogP contribution in [0.25, 0.3) is 0 Å². The zero-order valence-electron chi connectivity index (χ0n) is 21.3. The molecule has 1 aliphatic rings. The monoisotopic (exact) mass is 484 g/mol. The Morgan fingerprint density at radius 2 is 1.43 bits per heavy atom. The normalized spacial score (nSPS) is 16.3. The minimum Gasteiger partial charge on any atom is -0.504 e. The van der Waals surface area contributed by atoms with E-state index in [-0.39, 0.29) is 23.0 Å². The molecule has 2 aromatic rings. The smallest absolute Gasteiger partial charge is 0.157 e. The molecule has 1 atom stereocenters. The van der Waals surface area contributed by atoms with Crippen LogP contribution >= 0.6 is 0 Å². The molecule has 0 amide bonds. The van der Waals surface area contributed by atoms with Gasteiger partial charge in [0.15, 0.2) is 23.0 Å². The fourth-order valence-corrected chi connectivity index (χ4v) is 5.23. The maximum Gasteiger partial charge on any atom is 0.157 e. The number of phenols is 4. The van der Waals surface area contributed by atoms with E-state index in [4.69, 9.17) is 0 Å². The Kier molecular flexibility index (Phi) is 11.0. The van der Waals surface area contributed by atoms with E-state index < -0.39 is 0 Å². The predicted molar refractivity (Wildman–Crippen MR) is 141 cm³/mol. The maximum absolute atomic E-state index is 9.77. The lowest BCUT2D eigenvalue weighted by molar-refractivity contribution is 0.244. The van der Waals surface area contributed by atoms with Crippen molar-refractivity contribution in [1.82, 2.24) is 9.80 Å². The fourth-order valence-electron chi connectivity index (χ4n) is 5.23. The van der Waals surface area contributed by atoms with Gasteiger partial charge in [-0.25, -0.2) is 0 Å². The molecule has 1 heterocycles. The number of phenolic OH excluding ortho intramolecular Hbond substituents is 4. The average Bonchev–Trinajstić information content (AvgIpc) is 3.28. The predicted octanol–water partition coefficient (Wildman–Crippen LogP) is 5.42. The summed E-state index contributed by atoms with van der Waals surface area (Å²) in [5.74, 6) is -0.168. The third-order valence-corrected chi connectivity index (χ3v) is 7.23. The van der Waals surface area contributed by atoms with Crippen LogP contribution in [0.15, 0.2) is 36.4 Å². The van der Waals surface area contributed by atoms with Crippen LogP contribution in [0.3, 0.4) is 0 Å². The molecule has 4 N–H and O–H groups in total. The molecule has 1 fully saturated rings. The Morgan fingerprint density at radius 1 is 0.771 bits per heavy atom. The quantitative estimate of drug-likeness (QED) is 0.199. The van der Waals surface area contributed by atoms with E-state index in [2.05, 4.69) is 16.7 Å². The van der Waals surface area contributed by atoms with Gasteiger partial charge in [0.25, 0.3) is 0 Å². The van der Waals surface area contributed by atoms with Gasteiger partial charge in [-0.3, -0.25) is 0 Å². The lowest BCUT2D eigenvalue weighted by Gasteiger charge is -2.24. The second kappa shape index (κ2) is 14.2.